The molecule has 16 heavy (non-hydrogen) atoms. The highest BCUT2D eigenvalue weighted by Gasteiger charge is 2.00. The van der Waals surface area contributed by atoms with Gasteiger partial charge < -0.3 is 15.2 Å². The van der Waals surface area contributed by atoms with Gasteiger partial charge in [0.15, 0.2) is 0 Å². The summed E-state index contributed by atoms with van der Waals surface area (Å²) in [6.45, 7) is 5.15. The van der Waals surface area contributed by atoms with Gasteiger partial charge >= 0.3 is 0 Å². The average Bonchev–Trinajstić information content (AvgIpc) is 2.71. The van der Waals surface area contributed by atoms with Crippen molar-refractivity contribution in [2.45, 2.75) is 6.92 Å². The third-order valence-corrected chi connectivity index (χ3v) is 2.72. The largest absolute Gasteiger partial charge is 0.355 e. The molecule has 2 rings (SSSR count). The third-order valence-electron chi connectivity index (χ3n) is 2.72. The number of anilines is 1. The molecule has 0 aliphatic rings. The number of likely N-dealkylation sites (N-methyl/N-ethyl adjacent to an activating group) is 1. The van der Waals surface area contributed by atoms with Gasteiger partial charge in [-0.15, -0.1) is 0 Å². The molecular weight excluding hydrogens is 200 g/mol. The van der Waals surface area contributed by atoms with Crippen molar-refractivity contribution < 1.29 is 0 Å². The summed E-state index contributed by atoms with van der Waals surface area (Å²) in [6.07, 6.45) is 0. The molecule has 2 aromatic rings. The Morgan fingerprint density at radius 1 is 1.38 bits per heavy atom. The predicted octanol–water partition coefficient (Wildman–Crippen LogP) is 1.93. The number of aromatic amines is 1. The Morgan fingerprint density at radius 2 is 2.19 bits per heavy atom. The Morgan fingerprint density at radius 3 is 2.94 bits per heavy atom. The predicted molar refractivity (Wildman–Crippen MR) is 67.8 cm³/mol. The second-order valence-electron chi connectivity index (χ2n) is 3.93. The van der Waals surface area contributed by atoms with E-state index in [0.717, 1.165) is 36.6 Å². The quantitative estimate of drug-likeness (QED) is 0.806. The van der Waals surface area contributed by atoms with Crippen LogP contribution in [0.3, 0.4) is 0 Å². The number of imidazole rings is 1. The van der Waals surface area contributed by atoms with Crippen molar-refractivity contribution in [1.82, 2.24) is 14.9 Å². The lowest BCUT2D eigenvalue weighted by atomic mass is 10.3. The number of rotatable bonds is 5. The van der Waals surface area contributed by atoms with Crippen molar-refractivity contribution in [3.63, 3.8) is 0 Å². The van der Waals surface area contributed by atoms with Gasteiger partial charge in [-0.1, -0.05) is 19.1 Å². The number of nitrogens with zero attached hydrogens (tertiary/aromatic N) is 2. The first-order chi connectivity index (χ1) is 7.79. The van der Waals surface area contributed by atoms with Crippen molar-refractivity contribution >= 4 is 17.0 Å². The van der Waals surface area contributed by atoms with Crippen LogP contribution in [0.5, 0.6) is 0 Å². The van der Waals surface area contributed by atoms with Crippen LogP contribution >= 0.6 is 0 Å². The fraction of sp³-hybridized carbons (Fsp3) is 0.417. The van der Waals surface area contributed by atoms with Gasteiger partial charge in [0.25, 0.3) is 0 Å². The number of aromatic nitrogens is 2. The number of fused-ring (bicyclic) bond motifs is 1. The smallest absolute Gasteiger partial charge is 0.201 e. The fourth-order valence-electron chi connectivity index (χ4n) is 1.56. The Kier molecular flexibility index (Phi) is 3.41. The monoisotopic (exact) mass is 218 g/mol. The highest BCUT2D eigenvalue weighted by atomic mass is 15.2. The molecule has 0 fully saturated rings. The summed E-state index contributed by atoms with van der Waals surface area (Å²) in [5, 5.41) is 3.29. The summed E-state index contributed by atoms with van der Waals surface area (Å²) in [5.41, 5.74) is 2.09. The van der Waals surface area contributed by atoms with Crippen LogP contribution in [0.25, 0.3) is 11.0 Å². The van der Waals surface area contributed by atoms with E-state index in [4.69, 9.17) is 0 Å². The van der Waals surface area contributed by atoms with Gasteiger partial charge in [-0.25, -0.2) is 4.98 Å². The van der Waals surface area contributed by atoms with Gasteiger partial charge in [0.05, 0.1) is 11.0 Å². The van der Waals surface area contributed by atoms with Crippen LogP contribution in [-0.4, -0.2) is 41.5 Å². The number of para-hydroxylation sites is 2. The molecule has 0 saturated heterocycles. The van der Waals surface area contributed by atoms with E-state index in [1.807, 2.05) is 24.3 Å². The molecule has 0 spiro atoms. The van der Waals surface area contributed by atoms with Crippen LogP contribution in [0.1, 0.15) is 6.92 Å². The molecule has 0 unspecified atom stereocenters. The van der Waals surface area contributed by atoms with Gasteiger partial charge in [-0.05, 0) is 25.7 Å². The minimum atomic E-state index is 0.853. The first-order valence-corrected chi connectivity index (χ1v) is 5.66. The average molecular weight is 218 g/mol. The summed E-state index contributed by atoms with van der Waals surface area (Å²) < 4.78 is 0. The molecule has 4 nitrogen and oxygen atoms in total. The van der Waals surface area contributed by atoms with Gasteiger partial charge in [-0.2, -0.15) is 0 Å². The van der Waals surface area contributed by atoms with E-state index in [1.165, 1.54) is 0 Å². The Balaban J connectivity index is 1.94. The van der Waals surface area contributed by atoms with Crippen LogP contribution < -0.4 is 5.32 Å². The van der Waals surface area contributed by atoms with E-state index < -0.39 is 0 Å². The zero-order chi connectivity index (χ0) is 11.4. The van der Waals surface area contributed by atoms with E-state index in [9.17, 15) is 0 Å². The van der Waals surface area contributed by atoms with Crippen molar-refractivity contribution in [2.24, 2.45) is 0 Å². The van der Waals surface area contributed by atoms with Crippen molar-refractivity contribution in [1.29, 1.82) is 0 Å². The highest BCUT2D eigenvalue weighted by Crippen LogP contribution is 2.12. The molecule has 0 radical (unpaired) electrons. The van der Waals surface area contributed by atoms with Crippen LogP contribution in [0.4, 0.5) is 5.95 Å². The Bertz CT molecular complexity index is 416. The zero-order valence-corrected chi connectivity index (χ0v) is 9.83. The Labute approximate surface area is 95.7 Å². The highest BCUT2D eigenvalue weighted by molar-refractivity contribution is 5.77. The molecule has 0 amide bonds. The topological polar surface area (TPSA) is 44.0 Å². The third kappa shape index (κ3) is 2.52. The molecule has 0 saturated carbocycles. The summed E-state index contributed by atoms with van der Waals surface area (Å²) in [6, 6.07) is 8.05. The molecule has 86 valence electrons. The van der Waals surface area contributed by atoms with Gasteiger partial charge in [0.2, 0.25) is 5.95 Å². The second kappa shape index (κ2) is 4.99. The lowest BCUT2D eigenvalue weighted by molar-refractivity contribution is 0.367. The number of nitrogens with one attached hydrogen (secondary N) is 2. The van der Waals surface area contributed by atoms with Crippen LogP contribution in [0.2, 0.25) is 0 Å². The summed E-state index contributed by atoms with van der Waals surface area (Å²) in [7, 11) is 2.11. The maximum atomic E-state index is 4.45. The molecule has 1 aromatic heterocycles. The number of hydrogen-bond acceptors (Lipinski definition) is 3. The molecule has 0 atom stereocenters. The van der Waals surface area contributed by atoms with Crippen molar-refractivity contribution in [3.8, 4) is 0 Å². The zero-order valence-electron chi connectivity index (χ0n) is 9.83. The maximum Gasteiger partial charge on any atom is 0.201 e. The SMILES string of the molecule is CCN(C)CCNc1nc2ccccc2[nH]1. The van der Waals surface area contributed by atoms with Crippen molar-refractivity contribution in [2.75, 3.05) is 32.0 Å². The minimum absolute atomic E-state index is 0.853. The molecule has 0 bridgehead atoms. The lowest BCUT2D eigenvalue weighted by Gasteiger charge is -2.13. The van der Waals surface area contributed by atoms with E-state index in [2.05, 4.69) is 34.2 Å². The van der Waals surface area contributed by atoms with Crippen LogP contribution in [-0.2, 0) is 0 Å². The van der Waals surface area contributed by atoms with Gasteiger partial charge in [-0.3, -0.25) is 0 Å². The van der Waals surface area contributed by atoms with Gasteiger partial charge in [0, 0.05) is 13.1 Å². The molecular formula is C12H18N4. The summed E-state index contributed by atoms with van der Waals surface area (Å²) in [5.74, 6) is 0.853. The number of hydrogen-bond donors (Lipinski definition) is 2. The number of benzene rings is 1. The normalized spacial score (nSPS) is 11.2. The second-order valence-corrected chi connectivity index (χ2v) is 3.93. The van der Waals surface area contributed by atoms with E-state index in [0.29, 0.717) is 0 Å². The standard InChI is InChI=1S/C12H18N4/c1-3-16(2)9-8-13-12-14-10-6-4-5-7-11(10)15-12/h4-7H,3,8-9H2,1-2H3,(H2,13,14,15). The molecule has 0 aliphatic heterocycles. The molecule has 2 N–H and O–H groups in total. The van der Waals surface area contributed by atoms with E-state index >= 15 is 0 Å². The summed E-state index contributed by atoms with van der Waals surface area (Å²) in [4.78, 5) is 9.96. The van der Waals surface area contributed by atoms with Crippen molar-refractivity contribution in [3.05, 3.63) is 24.3 Å². The molecule has 4 heteroatoms. The van der Waals surface area contributed by atoms with Crippen LogP contribution in [0, 0.1) is 0 Å². The van der Waals surface area contributed by atoms with E-state index in [-0.39, 0.29) is 0 Å². The molecule has 0 aliphatic carbocycles. The fourth-order valence-corrected chi connectivity index (χ4v) is 1.56. The molecule has 1 aromatic carbocycles. The lowest BCUT2D eigenvalue weighted by Crippen LogP contribution is -2.24. The summed E-state index contributed by atoms with van der Waals surface area (Å²) >= 11 is 0. The van der Waals surface area contributed by atoms with Crippen LogP contribution in [0.15, 0.2) is 24.3 Å². The maximum absolute atomic E-state index is 4.45. The molecule has 1 heterocycles. The minimum Gasteiger partial charge on any atom is -0.355 e. The Hall–Kier alpha value is -1.55. The first kappa shape index (κ1) is 11.0. The first-order valence-electron chi connectivity index (χ1n) is 5.66. The van der Waals surface area contributed by atoms with E-state index in [1.54, 1.807) is 0 Å². The number of H-pyrrole nitrogens is 1. The van der Waals surface area contributed by atoms with Gasteiger partial charge in [0.1, 0.15) is 0 Å².